The lowest BCUT2D eigenvalue weighted by atomic mass is 10.0. The Bertz CT molecular complexity index is 177. The van der Waals surface area contributed by atoms with Gasteiger partial charge in [-0.3, -0.25) is 0 Å². The van der Waals surface area contributed by atoms with Gasteiger partial charge in [-0.1, -0.05) is 6.92 Å². The lowest BCUT2D eigenvalue weighted by molar-refractivity contribution is 0.554. The van der Waals surface area contributed by atoms with Crippen LogP contribution in [0.5, 0.6) is 0 Å². The van der Waals surface area contributed by atoms with E-state index in [0.717, 1.165) is 17.9 Å². The maximum atomic E-state index is 5.07. The number of allylic oxidation sites excluding steroid dienone is 2. The Labute approximate surface area is 48.7 Å². The fourth-order valence-corrected chi connectivity index (χ4v) is 0.971. The molecule has 1 atom stereocenters. The van der Waals surface area contributed by atoms with Gasteiger partial charge >= 0.3 is 0 Å². The van der Waals surface area contributed by atoms with Crippen molar-refractivity contribution in [2.45, 2.75) is 13.3 Å². The predicted octanol–water partition coefficient (Wildman–Crippen LogP) is 1.82. The third-order valence-corrected chi connectivity index (χ3v) is 1.53. The van der Waals surface area contributed by atoms with Gasteiger partial charge in [0.1, 0.15) is 0 Å². The zero-order chi connectivity index (χ0) is 5.56. The first kappa shape index (κ1) is 4.19. The molecule has 8 heavy (non-hydrogen) atoms. The van der Waals surface area contributed by atoms with E-state index in [1.54, 1.807) is 0 Å². The fourth-order valence-electron chi connectivity index (χ4n) is 0.971. The highest BCUT2D eigenvalue weighted by atomic mass is 16.6. The van der Waals surface area contributed by atoms with Gasteiger partial charge in [-0.15, -0.1) is 0 Å². The lowest BCUT2D eigenvalue weighted by Gasteiger charge is -1.98. The van der Waals surface area contributed by atoms with Gasteiger partial charge in [-0.05, 0) is 24.5 Å². The summed E-state index contributed by atoms with van der Waals surface area (Å²) in [5.74, 6) is 2.92. The Morgan fingerprint density at radius 2 is 2.50 bits per heavy atom. The summed E-state index contributed by atoms with van der Waals surface area (Å²) in [7, 11) is 0. The first-order valence-corrected chi connectivity index (χ1v) is 2.96. The number of epoxide rings is 1. The zero-order valence-corrected chi connectivity index (χ0v) is 4.85. The highest BCUT2D eigenvalue weighted by molar-refractivity contribution is 5.37. The molecule has 0 aromatic carbocycles. The molecule has 0 spiro atoms. The van der Waals surface area contributed by atoms with Crippen LogP contribution in [-0.4, -0.2) is 0 Å². The highest BCUT2D eigenvalue weighted by Gasteiger charge is 2.27. The van der Waals surface area contributed by atoms with E-state index in [2.05, 4.69) is 19.1 Å². The Morgan fingerprint density at radius 3 is 3.12 bits per heavy atom. The topological polar surface area (TPSA) is 12.5 Å². The van der Waals surface area contributed by atoms with Crippen LogP contribution in [0.3, 0.4) is 0 Å². The van der Waals surface area contributed by atoms with Crippen molar-refractivity contribution < 1.29 is 4.74 Å². The molecule has 2 rings (SSSR count). The summed E-state index contributed by atoms with van der Waals surface area (Å²) < 4.78 is 5.07. The maximum absolute atomic E-state index is 5.07. The molecule has 0 N–H and O–H groups in total. The van der Waals surface area contributed by atoms with Gasteiger partial charge in [-0.2, -0.15) is 0 Å². The molecule has 1 saturated heterocycles. The van der Waals surface area contributed by atoms with Gasteiger partial charge < -0.3 is 4.74 Å². The molecule has 0 amide bonds. The average molecular weight is 108 g/mol. The van der Waals surface area contributed by atoms with Gasteiger partial charge in [0, 0.05) is 0 Å². The van der Waals surface area contributed by atoms with Crippen molar-refractivity contribution in [3.05, 3.63) is 23.7 Å². The highest BCUT2D eigenvalue weighted by Crippen LogP contribution is 2.37. The Morgan fingerprint density at radius 1 is 1.62 bits per heavy atom. The molecular weight excluding hydrogens is 100 g/mol. The molecule has 0 saturated carbocycles. The zero-order valence-electron chi connectivity index (χ0n) is 4.85. The molecule has 1 fully saturated rings. The van der Waals surface area contributed by atoms with Gasteiger partial charge in [0.25, 0.3) is 0 Å². The summed E-state index contributed by atoms with van der Waals surface area (Å²) in [5.41, 5.74) is 0. The van der Waals surface area contributed by atoms with Crippen molar-refractivity contribution in [3.8, 4) is 0 Å². The van der Waals surface area contributed by atoms with E-state index in [-0.39, 0.29) is 0 Å². The van der Waals surface area contributed by atoms with E-state index in [1.165, 1.54) is 0 Å². The molecule has 1 unspecified atom stereocenters. The molecule has 42 valence electrons. The number of hydrogen-bond donors (Lipinski definition) is 0. The molecule has 2 aliphatic rings. The van der Waals surface area contributed by atoms with E-state index < -0.39 is 0 Å². The molecule has 1 heteroatoms. The maximum Gasteiger partial charge on any atom is 0.166 e. The molecule has 1 nitrogen and oxygen atoms in total. The van der Waals surface area contributed by atoms with Crippen LogP contribution in [-0.2, 0) is 4.74 Å². The Hall–Kier alpha value is -0.720. The third kappa shape index (κ3) is 0.474. The van der Waals surface area contributed by atoms with Gasteiger partial charge in [-0.25, -0.2) is 0 Å². The van der Waals surface area contributed by atoms with Gasteiger partial charge in [0.2, 0.25) is 0 Å². The van der Waals surface area contributed by atoms with Crippen molar-refractivity contribution in [2.24, 2.45) is 5.92 Å². The number of rotatable bonds is 0. The number of ether oxygens (including phenoxy) is 1. The predicted molar refractivity (Wildman–Crippen MR) is 31.0 cm³/mol. The van der Waals surface area contributed by atoms with Crippen molar-refractivity contribution in [3.63, 3.8) is 0 Å². The number of hydrogen-bond acceptors (Lipinski definition) is 1. The van der Waals surface area contributed by atoms with E-state index in [9.17, 15) is 0 Å². The van der Waals surface area contributed by atoms with Crippen molar-refractivity contribution in [2.75, 3.05) is 0 Å². The van der Waals surface area contributed by atoms with Crippen LogP contribution in [0.2, 0.25) is 0 Å². The molecule has 0 aromatic heterocycles. The Kier molecular flexibility index (Phi) is 0.608. The van der Waals surface area contributed by atoms with E-state index in [4.69, 9.17) is 4.74 Å². The standard InChI is InChI=1S/C7H8O/c1-5-2-3-6-7(4-5)8-6/h3-5H,2H2,1H3. The molecule has 0 radical (unpaired) electrons. The van der Waals surface area contributed by atoms with Gasteiger partial charge in [0.15, 0.2) is 11.5 Å². The summed E-state index contributed by atoms with van der Waals surface area (Å²) >= 11 is 0. The van der Waals surface area contributed by atoms with Crippen molar-refractivity contribution in [1.29, 1.82) is 0 Å². The summed E-state index contributed by atoms with van der Waals surface area (Å²) in [6.07, 6.45) is 5.48. The molecule has 0 bridgehead atoms. The smallest absolute Gasteiger partial charge is 0.166 e. The molecule has 1 aliphatic heterocycles. The van der Waals surface area contributed by atoms with Crippen LogP contribution >= 0.6 is 0 Å². The second-order valence-corrected chi connectivity index (χ2v) is 2.41. The molecule has 1 aliphatic carbocycles. The van der Waals surface area contributed by atoms with Crippen LogP contribution < -0.4 is 0 Å². The lowest BCUT2D eigenvalue weighted by Crippen LogP contribution is -1.87. The second-order valence-electron chi connectivity index (χ2n) is 2.41. The van der Waals surface area contributed by atoms with E-state index in [0.29, 0.717) is 5.92 Å². The van der Waals surface area contributed by atoms with Gasteiger partial charge in [0.05, 0.1) is 0 Å². The Balaban J connectivity index is 2.30. The number of fused-ring (bicyclic) bond motifs is 1. The molecule has 1 heterocycles. The van der Waals surface area contributed by atoms with Crippen LogP contribution in [0, 0.1) is 5.92 Å². The summed E-state index contributed by atoms with van der Waals surface area (Å²) in [6, 6.07) is 0. The van der Waals surface area contributed by atoms with Crippen LogP contribution in [0.1, 0.15) is 13.3 Å². The summed E-state index contributed by atoms with van der Waals surface area (Å²) in [4.78, 5) is 0. The normalized spacial score (nSPS) is 31.9. The minimum atomic E-state index is 0.691. The largest absolute Gasteiger partial charge is 0.450 e. The first-order chi connectivity index (χ1) is 3.86. The van der Waals surface area contributed by atoms with Crippen LogP contribution in [0.4, 0.5) is 0 Å². The van der Waals surface area contributed by atoms with Crippen LogP contribution in [0.15, 0.2) is 23.7 Å². The SMILES string of the molecule is CC1C=C2OC2=CC1. The van der Waals surface area contributed by atoms with Crippen molar-refractivity contribution >= 4 is 0 Å². The van der Waals surface area contributed by atoms with E-state index in [1.807, 2.05) is 0 Å². The van der Waals surface area contributed by atoms with E-state index >= 15 is 0 Å². The van der Waals surface area contributed by atoms with Crippen molar-refractivity contribution in [1.82, 2.24) is 0 Å². The monoisotopic (exact) mass is 108 g/mol. The summed E-state index contributed by atoms with van der Waals surface area (Å²) in [5, 5.41) is 0. The fraction of sp³-hybridized carbons (Fsp3) is 0.429. The molecular formula is C7H8O. The first-order valence-electron chi connectivity index (χ1n) is 2.96. The quantitative estimate of drug-likeness (QED) is 0.431. The molecule has 0 aromatic rings. The third-order valence-electron chi connectivity index (χ3n) is 1.53. The van der Waals surface area contributed by atoms with Crippen LogP contribution in [0.25, 0.3) is 0 Å². The average Bonchev–Trinajstić information content (AvgIpc) is 2.43. The minimum absolute atomic E-state index is 0.691. The second kappa shape index (κ2) is 1.16. The summed E-state index contributed by atoms with van der Waals surface area (Å²) in [6.45, 7) is 2.20. The minimum Gasteiger partial charge on any atom is -0.450 e.